The van der Waals surface area contributed by atoms with Crippen LogP contribution in [0.2, 0.25) is 0 Å². The Bertz CT molecular complexity index is 44.0. The summed E-state index contributed by atoms with van der Waals surface area (Å²) in [6.45, 7) is 5.67. The van der Waals surface area contributed by atoms with Crippen molar-refractivity contribution in [1.29, 1.82) is 0 Å². The quantitative estimate of drug-likeness (QED) is 0.643. The lowest BCUT2D eigenvalue weighted by molar-refractivity contribution is 0.162. The van der Waals surface area contributed by atoms with Crippen molar-refractivity contribution < 1.29 is 22.8 Å². The first-order chi connectivity index (χ1) is 5.15. The summed E-state index contributed by atoms with van der Waals surface area (Å²) in [7, 11) is -2.67. The molecule has 11 heavy (non-hydrogen) atoms. The molecule has 0 spiro atoms. The van der Waals surface area contributed by atoms with Gasteiger partial charge < -0.3 is 9.84 Å². The number of rotatable bonds is 2. The van der Waals surface area contributed by atoms with Gasteiger partial charge in [-0.3, -0.25) is 12.9 Å². The Kier molecular flexibility index (Phi) is 34.9. The third-order valence-electron chi connectivity index (χ3n) is 0.408. The van der Waals surface area contributed by atoms with Crippen LogP contribution in [-0.2, 0) is 4.74 Å². The topological polar surface area (TPSA) is 29.5 Å². The maximum absolute atomic E-state index is 9.67. The van der Waals surface area contributed by atoms with E-state index in [1.165, 1.54) is 0 Å². The second kappa shape index (κ2) is 22.6. The molecular weight excluding hydrogens is 160 g/mol. The minimum Gasteiger partial charge on any atom is -0.400 e. The molecule has 2 nitrogen and oxygen atoms in total. The van der Waals surface area contributed by atoms with E-state index in [9.17, 15) is 12.9 Å². The van der Waals surface area contributed by atoms with E-state index in [2.05, 4.69) is 0 Å². The molecule has 0 aromatic rings. The SMILES string of the molecule is CCOCC.CO.FB(F)F. The lowest BCUT2D eigenvalue weighted by atomic mass is 10.5. The maximum Gasteiger partial charge on any atom is 0.762 e. The lowest BCUT2D eigenvalue weighted by Gasteiger charge is -1.86. The Morgan fingerprint density at radius 1 is 1.09 bits per heavy atom. The predicted molar refractivity (Wildman–Crippen MR) is 39.4 cm³/mol. The zero-order valence-electron chi connectivity index (χ0n) is 6.98. The summed E-state index contributed by atoms with van der Waals surface area (Å²) in [6, 6.07) is 0. The summed E-state index contributed by atoms with van der Waals surface area (Å²) in [4.78, 5) is 0. The largest absolute Gasteiger partial charge is 0.762 e. The number of hydrogen-bond donors (Lipinski definition) is 1. The van der Waals surface area contributed by atoms with Gasteiger partial charge in [0.25, 0.3) is 0 Å². The molecule has 0 saturated heterocycles. The van der Waals surface area contributed by atoms with Crippen molar-refractivity contribution in [3.05, 3.63) is 0 Å². The van der Waals surface area contributed by atoms with Crippen LogP contribution < -0.4 is 0 Å². The number of hydrogen-bond acceptors (Lipinski definition) is 2. The summed E-state index contributed by atoms with van der Waals surface area (Å²) in [5, 5.41) is 7.00. The van der Waals surface area contributed by atoms with E-state index in [0.29, 0.717) is 0 Å². The van der Waals surface area contributed by atoms with E-state index in [4.69, 9.17) is 9.84 Å². The van der Waals surface area contributed by atoms with Gasteiger partial charge in [0.2, 0.25) is 0 Å². The Morgan fingerprint density at radius 3 is 1.27 bits per heavy atom. The minimum absolute atomic E-state index is 0.844. The number of aliphatic hydroxyl groups excluding tert-OH is 1. The zero-order chi connectivity index (χ0) is 9.70. The average Bonchev–Trinajstić information content (AvgIpc) is 1.93. The van der Waals surface area contributed by atoms with Crippen LogP contribution in [0.5, 0.6) is 0 Å². The van der Waals surface area contributed by atoms with Gasteiger partial charge in [0.05, 0.1) is 0 Å². The Morgan fingerprint density at radius 2 is 1.27 bits per heavy atom. The highest BCUT2D eigenvalue weighted by Crippen LogP contribution is 1.80. The molecule has 0 aliphatic carbocycles. The van der Waals surface area contributed by atoms with Crippen molar-refractivity contribution in [3.63, 3.8) is 0 Å². The fraction of sp³-hybridized carbons (Fsp3) is 1.00. The second-order valence-corrected chi connectivity index (χ2v) is 1.03. The number of halogens is 3. The van der Waals surface area contributed by atoms with Gasteiger partial charge in [0.15, 0.2) is 0 Å². The van der Waals surface area contributed by atoms with E-state index in [0.717, 1.165) is 20.3 Å². The molecule has 0 amide bonds. The first kappa shape index (κ1) is 17.0. The maximum atomic E-state index is 9.67. The predicted octanol–water partition coefficient (Wildman–Crippen LogP) is 1.53. The molecule has 0 unspecified atom stereocenters. The van der Waals surface area contributed by atoms with E-state index in [-0.39, 0.29) is 0 Å². The van der Waals surface area contributed by atoms with Crippen LogP contribution in [0.15, 0.2) is 0 Å². The van der Waals surface area contributed by atoms with Crippen LogP contribution in [0, 0.1) is 0 Å². The molecule has 0 aromatic carbocycles. The number of aliphatic hydroxyl groups is 1. The van der Waals surface area contributed by atoms with E-state index in [1.54, 1.807) is 0 Å². The molecule has 0 rings (SSSR count). The molecule has 6 heteroatoms. The molecule has 1 N–H and O–H groups in total. The van der Waals surface area contributed by atoms with Gasteiger partial charge in [0, 0.05) is 20.3 Å². The lowest BCUT2D eigenvalue weighted by Crippen LogP contribution is -1.84. The van der Waals surface area contributed by atoms with Crippen molar-refractivity contribution in [1.82, 2.24) is 0 Å². The van der Waals surface area contributed by atoms with Gasteiger partial charge in [-0.25, -0.2) is 0 Å². The molecule has 0 fully saturated rings. The second-order valence-electron chi connectivity index (χ2n) is 1.03. The molecule has 0 saturated carbocycles. The van der Waals surface area contributed by atoms with Crippen LogP contribution >= 0.6 is 0 Å². The van der Waals surface area contributed by atoms with E-state index >= 15 is 0 Å². The molecule has 70 valence electrons. The standard InChI is InChI=1S/C4H10O.CH4O.BF3/c1-3-5-4-2;1-2;2-1(3)4/h3-4H2,1-2H3;2H,1H3;. The summed E-state index contributed by atoms with van der Waals surface area (Å²) in [6.07, 6.45) is 0. The van der Waals surface area contributed by atoms with Crippen LogP contribution in [0.25, 0.3) is 0 Å². The summed E-state index contributed by atoms with van der Waals surface area (Å²) >= 11 is 0. The summed E-state index contributed by atoms with van der Waals surface area (Å²) < 4.78 is 33.8. The summed E-state index contributed by atoms with van der Waals surface area (Å²) in [5.74, 6) is 0. The summed E-state index contributed by atoms with van der Waals surface area (Å²) in [5.41, 5.74) is 0. The van der Waals surface area contributed by atoms with Gasteiger partial charge in [-0.15, -0.1) is 0 Å². The van der Waals surface area contributed by atoms with Crippen LogP contribution in [0.3, 0.4) is 0 Å². The molecule has 0 aromatic heterocycles. The average molecular weight is 174 g/mol. The van der Waals surface area contributed by atoms with Gasteiger partial charge in [-0.2, -0.15) is 0 Å². The molecule has 0 aliphatic rings. The van der Waals surface area contributed by atoms with Crippen molar-refractivity contribution in [2.24, 2.45) is 0 Å². The first-order valence-corrected chi connectivity index (χ1v) is 3.09. The third kappa shape index (κ3) is 188. The van der Waals surface area contributed by atoms with Crippen molar-refractivity contribution in [2.75, 3.05) is 20.3 Å². The van der Waals surface area contributed by atoms with Gasteiger partial charge >= 0.3 is 7.54 Å². The molecule has 0 bridgehead atoms. The van der Waals surface area contributed by atoms with Crippen molar-refractivity contribution in [3.8, 4) is 0 Å². The molecule has 0 radical (unpaired) electrons. The van der Waals surface area contributed by atoms with Gasteiger partial charge in [-0.05, 0) is 13.8 Å². The number of ether oxygens (including phenoxy) is 1. The molecule has 0 atom stereocenters. The highest BCUT2D eigenvalue weighted by Gasteiger charge is 2.06. The molecule has 0 heterocycles. The minimum atomic E-state index is -3.67. The fourth-order valence-electron chi connectivity index (χ4n) is 0.204. The van der Waals surface area contributed by atoms with E-state index in [1.807, 2.05) is 13.8 Å². The van der Waals surface area contributed by atoms with Crippen molar-refractivity contribution in [2.45, 2.75) is 13.8 Å². The highest BCUT2D eigenvalue weighted by atomic mass is 19.4. The van der Waals surface area contributed by atoms with Crippen LogP contribution in [0.1, 0.15) is 13.8 Å². The third-order valence-corrected chi connectivity index (χ3v) is 0.408. The smallest absolute Gasteiger partial charge is 0.400 e. The normalized spacial score (nSPS) is 6.82. The van der Waals surface area contributed by atoms with Gasteiger partial charge in [0.1, 0.15) is 0 Å². The Labute approximate surface area is 65.6 Å². The van der Waals surface area contributed by atoms with Gasteiger partial charge in [-0.1, -0.05) is 0 Å². The Hall–Kier alpha value is -0.225. The molecule has 0 aliphatic heterocycles. The monoisotopic (exact) mass is 174 g/mol. The Balaban J connectivity index is -0.0000000965. The first-order valence-electron chi connectivity index (χ1n) is 3.09. The fourth-order valence-corrected chi connectivity index (χ4v) is 0.204. The highest BCUT2D eigenvalue weighted by molar-refractivity contribution is 6.33. The molecular formula is C5H14BF3O2. The van der Waals surface area contributed by atoms with Crippen molar-refractivity contribution >= 4 is 7.54 Å². The zero-order valence-corrected chi connectivity index (χ0v) is 6.98. The van der Waals surface area contributed by atoms with E-state index < -0.39 is 7.54 Å². The van der Waals surface area contributed by atoms with Crippen LogP contribution in [0.4, 0.5) is 12.9 Å². The van der Waals surface area contributed by atoms with Crippen LogP contribution in [-0.4, -0.2) is 33.0 Å².